The zero-order chi connectivity index (χ0) is 56.4. The lowest BCUT2D eigenvalue weighted by Crippen LogP contribution is -2.59. The number of ether oxygens (including phenoxy) is 1. The lowest BCUT2D eigenvalue weighted by molar-refractivity contribution is -0.144. The van der Waals surface area contributed by atoms with Gasteiger partial charge >= 0.3 is 0 Å². The van der Waals surface area contributed by atoms with E-state index in [1.807, 2.05) is 87.5 Å². The molecule has 0 bridgehead atoms. The molecule has 1 aliphatic heterocycles. The molecular weight excluding hydrogens is 997 g/mol. The third kappa shape index (κ3) is 14.5. The van der Waals surface area contributed by atoms with Crippen molar-refractivity contribution in [3.63, 3.8) is 0 Å². The van der Waals surface area contributed by atoms with Crippen LogP contribution in [0.3, 0.4) is 0 Å². The Bertz CT molecular complexity index is 2810. The number of nitrogens with one attached hydrogen (secondary N) is 7. The Morgan fingerprint density at radius 3 is 1.75 bits per heavy atom. The van der Waals surface area contributed by atoms with E-state index in [4.69, 9.17) is 4.74 Å². The van der Waals surface area contributed by atoms with Crippen LogP contribution in [0.25, 0.3) is 0 Å². The van der Waals surface area contributed by atoms with Crippen molar-refractivity contribution >= 4 is 41.2 Å². The number of fused-ring (bicyclic) bond motifs is 2. The maximum Gasteiger partial charge on any atom is 0.251 e. The number of likely N-dealkylation sites (tertiary alicyclic amines) is 1. The molecule has 10 atom stereocenters. The number of rotatable bonds is 20. The highest BCUT2D eigenvalue weighted by atomic mass is 16.5. The summed E-state index contributed by atoms with van der Waals surface area (Å²) in [6.45, 7) is 9.37. The van der Waals surface area contributed by atoms with E-state index < -0.39 is 59.4 Å². The first-order chi connectivity index (χ1) is 37.9. The number of likely N-dealkylation sites (N-methyl/N-ethyl adjacent to an activating group) is 2. The number of nitrogens with zero attached hydrogens (tertiary/aromatic N) is 1. The summed E-state index contributed by atoms with van der Waals surface area (Å²) in [6.07, 6.45) is 8.79. The molecule has 4 aromatic carbocycles. The number of carbonyl (C=O) groups excluding carboxylic acids is 7. The van der Waals surface area contributed by atoms with Crippen molar-refractivity contribution in [3.8, 4) is 5.75 Å². The van der Waals surface area contributed by atoms with Gasteiger partial charge in [-0.2, -0.15) is 0 Å². The van der Waals surface area contributed by atoms with E-state index in [2.05, 4.69) is 55.4 Å². The molecule has 7 N–H and O–H groups in total. The van der Waals surface area contributed by atoms with Gasteiger partial charge in [0.1, 0.15) is 24.4 Å². The van der Waals surface area contributed by atoms with Gasteiger partial charge in [0.2, 0.25) is 29.5 Å². The minimum atomic E-state index is -0.939. The first kappa shape index (κ1) is 58.2. The average molecular weight is 1080 g/mol. The topological polar surface area (TPSA) is 216 Å². The molecule has 0 spiro atoms. The predicted octanol–water partition coefficient (Wildman–Crippen LogP) is 6.50. The summed E-state index contributed by atoms with van der Waals surface area (Å²) in [6, 6.07) is 26.2. The van der Waals surface area contributed by atoms with Gasteiger partial charge < -0.3 is 46.9 Å². The third-order valence-electron chi connectivity index (χ3n) is 16.8. The maximum absolute atomic E-state index is 14.6. The SMILES string of the molecule is CNC(C)C(=O)NC(Cc1ccc(OCc2ccc(C(=O)N[C@H]3C[C@@H](C(=O)N[C@@H]4CCCc5ccccc54)N(C(=O)C(NC(=O)C(C)NC)C(C)(C)C)C3)cc2)cc1)C(=O)[C@@H]1CCCC[C@H]1C(=O)N[C@@H]1CCCc2ccccc21. The minimum absolute atomic E-state index is 0.0794. The van der Waals surface area contributed by atoms with Crippen LogP contribution < -0.4 is 42.0 Å². The molecule has 422 valence electrons. The quantitative estimate of drug-likeness (QED) is 0.0510. The Morgan fingerprint density at radius 2 is 1.16 bits per heavy atom. The Balaban J connectivity index is 0.892. The molecule has 0 radical (unpaired) electrons. The van der Waals surface area contributed by atoms with Crippen LogP contribution in [0.2, 0.25) is 0 Å². The van der Waals surface area contributed by atoms with Crippen LogP contribution >= 0.6 is 0 Å². The van der Waals surface area contributed by atoms with Gasteiger partial charge in [-0.1, -0.05) is 106 Å². The molecule has 4 aromatic rings. The first-order valence-corrected chi connectivity index (χ1v) is 28.6. The van der Waals surface area contributed by atoms with E-state index >= 15 is 0 Å². The Labute approximate surface area is 466 Å². The van der Waals surface area contributed by atoms with Crippen LogP contribution in [0.15, 0.2) is 97.1 Å². The summed E-state index contributed by atoms with van der Waals surface area (Å²) in [7, 11) is 3.37. The zero-order valence-corrected chi connectivity index (χ0v) is 47.1. The number of Topliss-reactive ketones (excluding diaryl/α,β-unsaturated/α-hetero) is 1. The summed E-state index contributed by atoms with van der Waals surface area (Å²) in [5, 5.41) is 21.5. The number of ketones is 1. The molecule has 6 amide bonds. The lowest BCUT2D eigenvalue weighted by atomic mass is 9.74. The molecule has 1 heterocycles. The second-order valence-electron chi connectivity index (χ2n) is 23.3. The largest absolute Gasteiger partial charge is 0.489 e. The smallest absolute Gasteiger partial charge is 0.251 e. The zero-order valence-electron chi connectivity index (χ0n) is 47.1. The van der Waals surface area contributed by atoms with E-state index in [0.29, 0.717) is 24.2 Å². The fraction of sp³-hybridized carbons (Fsp3) is 0.508. The molecule has 1 saturated heterocycles. The second-order valence-corrected chi connectivity index (χ2v) is 23.3. The Morgan fingerprint density at radius 1 is 0.620 bits per heavy atom. The van der Waals surface area contributed by atoms with E-state index in [9.17, 15) is 33.6 Å². The van der Waals surface area contributed by atoms with Gasteiger partial charge in [0, 0.05) is 30.0 Å². The number of hydrogen-bond donors (Lipinski definition) is 7. The fourth-order valence-corrected chi connectivity index (χ4v) is 11.8. The molecule has 1 saturated carbocycles. The Hall–Kier alpha value is -6.91. The fourth-order valence-electron chi connectivity index (χ4n) is 11.8. The van der Waals surface area contributed by atoms with Gasteiger partial charge in [-0.3, -0.25) is 33.6 Å². The van der Waals surface area contributed by atoms with Crippen LogP contribution in [-0.4, -0.2) is 103 Å². The minimum Gasteiger partial charge on any atom is -0.489 e. The normalized spacial score (nSPS) is 22.3. The van der Waals surface area contributed by atoms with Gasteiger partial charge in [0.15, 0.2) is 5.78 Å². The van der Waals surface area contributed by atoms with Gasteiger partial charge in [0.05, 0.1) is 30.2 Å². The lowest BCUT2D eigenvalue weighted by Gasteiger charge is -2.36. The molecule has 2 fully saturated rings. The van der Waals surface area contributed by atoms with E-state index in [-0.39, 0.29) is 73.4 Å². The second kappa shape index (κ2) is 26.4. The number of amides is 6. The standard InChI is InChI=1S/C63H82N8O8/c1-38(64-6)57(73)69-53(55(72)49-22-12-13-23-50(49)60(76)67-51-24-14-18-42-16-8-10-20-47(42)51)34-40-28-32-46(33-29-40)79-37-41-26-30-44(31-27-41)59(75)66-45-35-54(61(77)68-52-25-15-19-43-17-9-11-21-48(43)52)71(36-45)62(78)56(63(3,4)5)70-58(74)39(2)65-7/h8-11,16-17,20-21,26-33,38-39,45,49-54,56,64-65H,12-15,18-19,22-25,34-37H2,1-7H3,(H,66,75)(H,67,76)(H,68,77)(H,69,73)(H,70,74)/t38?,39?,45-,49+,50+,51+,52+,53?,54-,56?/m0/s1. The molecule has 8 rings (SSSR count). The highest BCUT2D eigenvalue weighted by Crippen LogP contribution is 2.36. The van der Waals surface area contributed by atoms with Crippen molar-refractivity contribution in [2.45, 2.75) is 167 Å². The average Bonchev–Trinajstić information content (AvgIpc) is 4.06. The van der Waals surface area contributed by atoms with Gasteiger partial charge in [-0.25, -0.2) is 0 Å². The first-order valence-electron chi connectivity index (χ1n) is 28.6. The van der Waals surface area contributed by atoms with E-state index in [0.717, 1.165) is 73.6 Å². The van der Waals surface area contributed by atoms with E-state index in [1.54, 1.807) is 40.1 Å². The van der Waals surface area contributed by atoms with Crippen molar-refractivity contribution in [2.24, 2.45) is 17.3 Å². The van der Waals surface area contributed by atoms with Crippen molar-refractivity contribution in [2.75, 3.05) is 20.6 Å². The number of benzene rings is 4. The van der Waals surface area contributed by atoms with Gasteiger partial charge in [-0.05, 0) is 155 Å². The number of carbonyl (C=O) groups is 7. The van der Waals surface area contributed by atoms with Crippen molar-refractivity contribution < 1.29 is 38.3 Å². The third-order valence-corrected chi connectivity index (χ3v) is 16.8. The van der Waals surface area contributed by atoms with Gasteiger partial charge in [0.25, 0.3) is 5.91 Å². The molecule has 4 aliphatic rings. The summed E-state index contributed by atoms with van der Waals surface area (Å²) in [5.41, 5.74) is 6.01. The van der Waals surface area contributed by atoms with Gasteiger partial charge in [-0.15, -0.1) is 0 Å². The summed E-state index contributed by atoms with van der Waals surface area (Å²) in [5.74, 6) is -2.31. The summed E-state index contributed by atoms with van der Waals surface area (Å²) in [4.78, 5) is 99.5. The monoisotopic (exact) mass is 1080 g/mol. The molecule has 79 heavy (non-hydrogen) atoms. The van der Waals surface area contributed by atoms with Crippen LogP contribution in [0, 0.1) is 17.3 Å². The number of aryl methyl sites for hydroxylation is 2. The van der Waals surface area contributed by atoms with Crippen LogP contribution in [-0.2, 0) is 54.6 Å². The molecule has 16 nitrogen and oxygen atoms in total. The highest BCUT2D eigenvalue weighted by molar-refractivity contribution is 5.97. The summed E-state index contributed by atoms with van der Waals surface area (Å²) >= 11 is 0. The molecule has 4 unspecified atom stereocenters. The highest BCUT2D eigenvalue weighted by Gasteiger charge is 2.46. The van der Waals surface area contributed by atoms with Crippen LogP contribution in [0.4, 0.5) is 0 Å². The van der Waals surface area contributed by atoms with Crippen molar-refractivity contribution in [1.29, 1.82) is 0 Å². The van der Waals surface area contributed by atoms with Crippen molar-refractivity contribution in [1.82, 2.24) is 42.1 Å². The molecule has 3 aliphatic carbocycles. The maximum atomic E-state index is 14.6. The predicted molar refractivity (Wildman–Crippen MR) is 304 cm³/mol. The molecule has 16 heteroatoms. The van der Waals surface area contributed by atoms with Crippen molar-refractivity contribution in [3.05, 3.63) is 136 Å². The Kier molecular flexibility index (Phi) is 19.4. The van der Waals surface area contributed by atoms with E-state index in [1.165, 1.54) is 16.0 Å². The molecule has 0 aromatic heterocycles. The summed E-state index contributed by atoms with van der Waals surface area (Å²) < 4.78 is 6.17. The van der Waals surface area contributed by atoms with Crippen LogP contribution in [0.1, 0.15) is 148 Å². The number of hydrogen-bond acceptors (Lipinski definition) is 10. The van der Waals surface area contributed by atoms with Crippen LogP contribution in [0.5, 0.6) is 5.75 Å². The molecular formula is C63H82N8O8.